The van der Waals surface area contributed by atoms with Crippen LogP contribution in [0.4, 0.5) is 0 Å². The van der Waals surface area contributed by atoms with Gasteiger partial charge in [0.1, 0.15) is 0 Å². The van der Waals surface area contributed by atoms with Crippen molar-refractivity contribution >= 4 is 10.0 Å². The minimum absolute atomic E-state index is 0.234. The summed E-state index contributed by atoms with van der Waals surface area (Å²) in [4.78, 5) is 0.404. The van der Waals surface area contributed by atoms with Crippen molar-refractivity contribution in [2.24, 2.45) is 0 Å². The first kappa shape index (κ1) is 15.5. The van der Waals surface area contributed by atoms with E-state index < -0.39 is 10.0 Å². The van der Waals surface area contributed by atoms with Crippen LogP contribution in [0.2, 0.25) is 0 Å². The van der Waals surface area contributed by atoms with E-state index in [2.05, 4.69) is 17.0 Å². The Hall–Kier alpha value is -0.910. The van der Waals surface area contributed by atoms with Crippen molar-refractivity contribution in [1.29, 1.82) is 0 Å². The molecule has 1 saturated carbocycles. The van der Waals surface area contributed by atoms with Crippen molar-refractivity contribution < 1.29 is 8.42 Å². The number of benzene rings is 1. The van der Waals surface area contributed by atoms with Crippen molar-refractivity contribution in [2.45, 2.75) is 57.0 Å². The SMILES string of the molecule is CCCNCc1ccc(C)c(S(=O)(=O)NC2(C)CC2)c1. The van der Waals surface area contributed by atoms with E-state index in [0.29, 0.717) is 11.4 Å². The van der Waals surface area contributed by atoms with E-state index >= 15 is 0 Å². The lowest BCUT2D eigenvalue weighted by molar-refractivity contribution is 0.557. The lowest BCUT2D eigenvalue weighted by Gasteiger charge is -2.15. The molecule has 0 amide bonds. The Labute approximate surface area is 122 Å². The molecular weight excluding hydrogens is 272 g/mol. The predicted octanol–water partition coefficient (Wildman–Crippen LogP) is 2.33. The summed E-state index contributed by atoms with van der Waals surface area (Å²) in [5.74, 6) is 0. The van der Waals surface area contributed by atoms with Gasteiger partial charge in [0.05, 0.1) is 4.90 Å². The molecule has 0 aliphatic heterocycles. The number of rotatable bonds is 7. The van der Waals surface area contributed by atoms with Crippen molar-refractivity contribution in [1.82, 2.24) is 10.0 Å². The monoisotopic (exact) mass is 296 g/mol. The summed E-state index contributed by atoms with van der Waals surface area (Å²) in [7, 11) is -3.42. The van der Waals surface area contributed by atoms with E-state index in [1.807, 2.05) is 26.0 Å². The first-order valence-corrected chi connectivity index (χ1v) is 8.69. The summed E-state index contributed by atoms with van der Waals surface area (Å²) in [5, 5.41) is 3.29. The van der Waals surface area contributed by atoms with E-state index in [1.165, 1.54) is 0 Å². The highest BCUT2D eigenvalue weighted by molar-refractivity contribution is 7.89. The second kappa shape index (κ2) is 5.84. The molecule has 0 radical (unpaired) electrons. The maximum Gasteiger partial charge on any atom is 0.241 e. The molecule has 0 saturated heterocycles. The smallest absolute Gasteiger partial charge is 0.241 e. The van der Waals surface area contributed by atoms with Gasteiger partial charge in [0.2, 0.25) is 10.0 Å². The average molecular weight is 296 g/mol. The average Bonchev–Trinajstić information content (AvgIpc) is 3.08. The quantitative estimate of drug-likeness (QED) is 0.759. The highest BCUT2D eigenvalue weighted by atomic mass is 32.2. The predicted molar refractivity (Wildman–Crippen MR) is 81.1 cm³/mol. The van der Waals surface area contributed by atoms with Crippen molar-refractivity contribution in [3.63, 3.8) is 0 Å². The lowest BCUT2D eigenvalue weighted by atomic mass is 10.1. The van der Waals surface area contributed by atoms with Gasteiger partial charge in [-0.25, -0.2) is 13.1 Å². The van der Waals surface area contributed by atoms with Crippen LogP contribution in [0.3, 0.4) is 0 Å². The Balaban J connectivity index is 2.19. The van der Waals surface area contributed by atoms with Crippen LogP contribution in [0.25, 0.3) is 0 Å². The summed E-state index contributed by atoms with van der Waals surface area (Å²) >= 11 is 0. The summed E-state index contributed by atoms with van der Waals surface area (Å²) in [6.45, 7) is 7.54. The third kappa shape index (κ3) is 3.81. The Kier molecular flexibility index (Phi) is 4.52. The van der Waals surface area contributed by atoms with Gasteiger partial charge < -0.3 is 5.32 Å². The summed E-state index contributed by atoms with van der Waals surface area (Å²) in [6, 6.07) is 5.65. The molecule has 0 unspecified atom stereocenters. The molecule has 0 spiro atoms. The molecule has 0 bridgehead atoms. The Morgan fingerprint density at radius 3 is 2.60 bits per heavy atom. The molecule has 2 rings (SSSR count). The van der Waals surface area contributed by atoms with E-state index in [4.69, 9.17) is 0 Å². The molecule has 2 N–H and O–H groups in total. The van der Waals surface area contributed by atoms with E-state index in [-0.39, 0.29) is 5.54 Å². The van der Waals surface area contributed by atoms with Crippen LogP contribution in [0.15, 0.2) is 23.1 Å². The number of hydrogen-bond donors (Lipinski definition) is 2. The second-order valence-electron chi connectivity index (χ2n) is 5.94. The number of hydrogen-bond acceptors (Lipinski definition) is 3. The van der Waals surface area contributed by atoms with Crippen molar-refractivity contribution in [2.75, 3.05) is 6.54 Å². The van der Waals surface area contributed by atoms with Crippen LogP contribution in [0.1, 0.15) is 44.2 Å². The zero-order valence-corrected chi connectivity index (χ0v) is 13.3. The molecule has 1 fully saturated rings. The minimum Gasteiger partial charge on any atom is -0.313 e. The standard InChI is InChI=1S/C15H24N2O2S/c1-4-9-16-11-13-6-5-12(2)14(10-13)20(18,19)17-15(3)7-8-15/h5-6,10,16-17H,4,7-9,11H2,1-3H3. The van der Waals surface area contributed by atoms with Gasteiger partial charge in [0.15, 0.2) is 0 Å². The zero-order chi connectivity index (χ0) is 14.8. The largest absolute Gasteiger partial charge is 0.313 e. The summed E-state index contributed by atoms with van der Waals surface area (Å²) < 4.78 is 27.7. The molecule has 1 aliphatic rings. The number of aryl methyl sites for hydroxylation is 1. The fraction of sp³-hybridized carbons (Fsp3) is 0.600. The van der Waals surface area contributed by atoms with Crippen LogP contribution < -0.4 is 10.0 Å². The highest BCUT2D eigenvalue weighted by Gasteiger charge is 2.41. The van der Waals surface area contributed by atoms with Crippen LogP contribution >= 0.6 is 0 Å². The molecule has 20 heavy (non-hydrogen) atoms. The molecule has 0 aromatic heterocycles. The van der Waals surface area contributed by atoms with Gasteiger partial charge in [0.25, 0.3) is 0 Å². The lowest BCUT2D eigenvalue weighted by Crippen LogP contribution is -2.34. The van der Waals surface area contributed by atoms with Gasteiger partial charge in [-0.05, 0) is 56.8 Å². The molecule has 1 aromatic carbocycles. The molecule has 112 valence electrons. The van der Waals surface area contributed by atoms with Gasteiger partial charge in [-0.15, -0.1) is 0 Å². The summed E-state index contributed by atoms with van der Waals surface area (Å²) in [6.07, 6.45) is 2.91. The van der Waals surface area contributed by atoms with E-state index in [0.717, 1.165) is 36.9 Å². The molecular formula is C15H24N2O2S. The normalized spacial score (nSPS) is 17.1. The van der Waals surface area contributed by atoms with Crippen molar-refractivity contribution in [3.05, 3.63) is 29.3 Å². The number of sulfonamides is 1. The Morgan fingerprint density at radius 2 is 2.00 bits per heavy atom. The highest BCUT2D eigenvalue weighted by Crippen LogP contribution is 2.36. The maximum absolute atomic E-state index is 12.5. The molecule has 4 nitrogen and oxygen atoms in total. The maximum atomic E-state index is 12.5. The molecule has 1 aliphatic carbocycles. The zero-order valence-electron chi connectivity index (χ0n) is 12.5. The van der Waals surface area contributed by atoms with Crippen LogP contribution in [-0.2, 0) is 16.6 Å². The Bertz CT molecular complexity index is 578. The van der Waals surface area contributed by atoms with Gasteiger partial charge >= 0.3 is 0 Å². The first-order chi connectivity index (χ1) is 9.36. The van der Waals surface area contributed by atoms with Gasteiger partial charge in [0, 0.05) is 12.1 Å². The Morgan fingerprint density at radius 1 is 1.30 bits per heavy atom. The first-order valence-electron chi connectivity index (χ1n) is 7.20. The second-order valence-corrected chi connectivity index (χ2v) is 7.59. The van der Waals surface area contributed by atoms with E-state index in [9.17, 15) is 8.42 Å². The fourth-order valence-electron chi connectivity index (χ4n) is 2.12. The van der Waals surface area contributed by atoms with Crippen LogP contribution in [0.5, 0.6) is 0 Å². The molecule has 0 atom stereocenters. The van der Waals surface area contributed by atoms with E-state index in [1.54, 1.807) is 6.07 Å². The van der Waals surface area contributed by atoms with Gasteiger partial charge in [-0.3, -0.25) is 0 Å². The summed E-state index contributed by atoms with van der Waals surface area (Å²) in [5.41, 5.74) is 1.56. The van der Waals surface area contributed by atoms with Gasteiger partial charge in [-0.1, -0.05) is 19.1 Å². The third-order valence-corrected chi connectivity index (χ3v) is 5.46. The third-order valence-electron chi connectivity index (χ3n) is 3.68. The molecule has 1 aromatic rings. The van der Waals surface area contributed by atoms with Crippen molar-refractivity contribution in [3.8, 4) is 0 Å². The molecule has 0 heterocycles. The topological polar surface area (TPSA) is 58.2 Å². The van der Waals surface area contributed by atoms with Gasteiger partial charge in [-0.2, -0.15) is 0 Å². The minimum atomic E-state index is -3.42. The molecule has 5 heteroatoms. The fourth-order valence-corrected chi connectivity index (χ4v) is 3.88. The van der Waals surface area contributed by atoms with Crippen LogP contribution in [0, 0.1) is 6.92 Å². The number of nitrogens with one attached hydrogen (secondary N) is 2. The van der Waals surface area contributed by atoms with Crippen LogP contribution in [-0.4, -0.2) is 20.5 Å².